The molecule has 7 nitrogen and oxygen atoms in total. The molecule has 0 unspecified atom stereocenters. The molecule has 8 heteroatoms. The maximum absolute atomic E-state index is 12.0. The van der Waals surface area contributed by atoms with Crippen molar-refractivity contribution in [3.63, 3.8) is 0 Å². The minimum atomic E-state index is -3.84. The summed E-state index contributed by atoms with van der Waals surface area (Å²) in [5.41, 5.74) is 1.73. The lowest BCUT2D eigenvalue weighted by atomic mass is 10.2. The number of benzene rings is 1. The molecule has 1 aromatic heterocycles. The van der Waals surface area contributed by atoms with E-state index in [1.54, 1.807) is 18.3 Å². The Morgan fingerprint density at radius 2 is 2.00 bits per heavy atom. The van der Waals surface area contributed by atoms with Gasteiger partial charge in [-0.15, -0.1) is 0 Å². The lowest BCUT2D eigenvalue weighted by molar-refractivity contribution is 0.246. The van der Waals surface area contributed by atoms with Gasteiger partial charge in [0.15, 0.2) is 0 Å². The van der Waals surface area contributed by atoms with E-state index in [1.165, 1.54) is 18.5 Å². The number of aromatic nitrogens is 2. The van der Waals surface area contributed by atoms with Crippen molar-refractivity contribution < 1.29 is 13.2 Å². The number of rotatable bonds is 5. The van der Waals surface area contributed by atoms with Crippen LogP contribution in [0.5, 0.6) is 0 Å². The number of hydrogen-bond donors (Lipinski definition) is 3. The molecule has 0 spiro atoms. The smallest absolute Gasteiger partial charge is 0.328 e. The molecular weight excluding hydrogens is 292 g/mol. The normalized spacial score (nSPS) is 11.1. The first kappa shape index (κ1) is 15.0. The summed E-state index contributed by atoms with van der Waals surface area (Å²) in [6, 6.07) is 5.49. The summed E-state index contributed by atoms with van der Waals surface area (Å²) >= 11 is 0. The van der Waals surface area contributed by atoms with E-state index in [1.807, 2.05) is 11.6 Å². The van der Waals surface area contributed by atoms with Crippen molar-refractivity contribution in [3.05, 3.63) is 48.0 Å². The highest BCUT2D eigenvalue weighted by Crippen LogP contribution is 2.09. The molecule has 0 bridgehead atoms. The van der Waals surface area contributed by atoms with Gasteiger partial charge in [0.1, 0.15) is 0 Å². The van der Waals surface area contributed by atoms with Crippen LogP contribution in [-0.2, 0) is 16.4 Å². The van der Waals surface area contributed by atoms with Gasteiger partial charge < -0.3 is 10.3 Å². The van der Waals surface area contributed by atoms with E-state index in [9.17, 15) is 13.2 Å². The van der Waals surface area contributed by atoms with Crippen LogP contribution in [0.25, 0.3) is 0 Å². The van der Waals surface area contributed by atoms with Crippen molar-refractivity contribution in [2.75, 3.05) is 6.54 Å². The number of nitrogens with one attached hydrogen (secondary N) is 3. The molecule has 0 aliphatic carbocycles. The van der Waals surface area contributed by atoms with Gasteiger partial charge in [0.25, 0.3) is 10.0 Å². The maximum atomic E-state index is 12.0. The zero-order valence-electron chi connectivity index (χ0n) is 11.5. The Kier molecular flexibility index (Phi) is 4.59. The molecule has 2 aromatic rings. The zero-order chi connectivity index (χ0) is 15.3. The molecule has 0 saturated heterocycles. The number of urea groups is 1. The van der Waals surface area contributed by atoms with Crippen LogP contribution in [0.15, 0.2) is 41.7 Å². The molecule has 3 N–H and O–H groups in total. The topological polar surface area (TPSA) is 104 Å². The number of sulfonamides is 1. The number of carbonyl (C=O) groups is 1. The molecule has 1 heterocycles. The van der Waals surface area contributed by atoms with Gasteiger partial charge in [-0.3, -0.25) is 0 Å². The minimum Gasteiger partial charge on any atom is -0.351 e. The third kappa shape index (κ3) is 4.32. The lowest BCUT2D eigenvalue weighted by Gasteiger charge is -2.08. The van der Waals surface area contributed by atoms with Gasteiger partial charge in [0, 0.05) is 19.2 Å². The summed E-state index contributed by atoms with van der Waals surface area (Å²) in [4.78, 5) is 18.4. The van der Waals surface area contributed by atoms with Gasteiger partial charge >= 0.3 is 6.03 Å². The Labute approximate surface area is 122 Å². The van der Waals surface area contributed by atoms with Crippen LogP contribution >= 0.6 is 0 Å². The zero-order valence-corrected chi connectivity index (χ0v) is 12.3. The van der Waals surface area contributed by atoms with Crippen LogP contribution in [0.4, 0.5) is 4.79 Å². The van der Waals surface area contributed by atoms with Gasteiger partial charge in [-0.1, -0.05) is 17.7 Å². The second-order valence-corrected chi connectivity index (χ2v) is 6.17. The molecule has 0 aliphatic heterocycles. The van der Waals surface area contributed by atoms with Gasteiger partial charge in [-0.2, -0.15) is 0 Å². The highest BCUT2D eigenvalue weighted by molar-refractivity contribution is 7.90. The molecule has 112 valence electrons. The van der Waals surface area contributed by atoms with Gasteiger partial charge in [-0.05, 0) is 19.1 Å². The largest absolute Gasteiger partial charge is 0.351 e. The number of nitrogens with zero attached hydrogens (tertiary/aromatic N) is 1. The summed E-state index contributed by atoms with van der Waals surface area (Å²) < 4.78 is 25.9. The fourth-order valence-corrected chi connectivity index (χ4v) is 2.59. The number of imidazole rings is 1. The van der Waals surface area contributed by atoms with E-state index in [0.29, 0.717) is 13.0 Å². The van der Waals surface area contributed by atoms with E-state index in [0.717, 1.165) is 11.3 Å². The monoisotopic (exact) mass is 308 g/mol. The number of aromatic amines is 1. The van der Waals surface area contributed by atoms with Crippen LogP contribution in [0.1, 0.15) is 11.3 Å². The van der Waals surface area contributed by atoms with Crippen LogP contribution in [0.2, 0.25) is 0 Å². The maximum Gasteiger partial charge on any atom is 0.328 e. The lowest BCUT2D eigenvalue weighted by Crippen LogP contribution is -2.40. The number of H-pyrrole nitrogens is 1. The van der Waals surface area contributed by atoms with Gasteiger partial charge in [-0.25, -0.2) is 22.9 Å². The standard InChI is InChI=1S/C13H16N4O3S/c1-10-2-4-12(5-3-10)21(19,20)17-13(18)15-7-6-11-8-14-9-16-11/h2-5,8-9H,6-7H2,1H3,(H,14,16)(H2,15,17,18). The number of amides is 2. The van der Waals surface area contributed by atoms with Crippen molar-refractivity contribution in [1.82, 2.24) is 20.0 Å². The van der Waals surface area contributed by atoms with Gasteiger partial charge in [0.05, 0.1) is 16.9 Å². The highest BCUT2D eigenvalue weighted by Gasteiger charge is 2.16. The van der Waals surface area contributed by atoms with E-state index in [-0.39, 0.29) is 4.90 Å². The van der Waals surface area contributed by atoms with Crippen molar-refractivity contribution in [1.29, 1.82) is 0 Å². The van der Waals surface area contributed by atoms with E-state index in [2.05, 4.69) is 15.3 Å². The molecule has 2 rings (SSSR count). The molecule has 0 saturated carbocycles. The number of aryl methyl sites for hydroxylation is 1. The summed E-state index contributed by atoms with van der Waals surface area (Å²) in [5.74, 6) is 0. The molecule has 1 aromatic carbocycles. The van der Waals surface area contributed by atoms with E-state index in [4.69, 9.17) is 0 Å². The molecule has 0 aliphatic rings. The molecule has 0 radical (unpaired) electrons. The van der Waals surface area contributed by atoms with Crippen LogP contribution in [-0.4, -0.2) is 31.0 Å². The third-order valence-electron chi connectivity index (χ3n) is 2.78. The predicted octanol–water partition coefficient (Wildman–Crippen LogP) is 0.949. The first-order chi connectivity index (χ1) is 9.97. The minimum absolute atomic E-state index is 0.0514. The fourth-order valence-electron chi connectivity index (χ4n) is 1.67. The Morgan fingerprint density at radius 1 is 1.29 bits per heavy atom. The van der Waals surface area contributed by atoms with Crippen LogP contribution < -0.4 is 10.0 Å². The Hall–Kier alpha value is -2.35. The summed E-state index contributed by atoms with van der Waals surface area (Å²) in [6.45, 7) is 2.14. The molecular formula is C13H16N4O3S. The average molecular weight is 308 g/mol. The van der Waals surface area contributed by atoms with Crippen LogP contribution in [0.3, 0.4) is 0 Å². The Morgan fingerprint density at radius 3 is 2.62 bits per heavy atom. The number of hydrogen-bond acceptors (Lipinski definition) is 4. The van der Waals surface area contributed by atoms with E-state index < -0.39 is 16.1 Å². The Balaban J connectivity index is 1.87. The SMILES string of the molecule is Cc1ccc(S(=O)(=O)NC(=O)NCCc2c[nH]cn2)cc1. The van der Waals surface area contributed by atoms with E-state index >= 15 is 0 Å². The van der Waals surface area contributed by atoms with Crippen molar-refractivity contribution in [2.45, 2.75) is 18.2 Å². The van der Waals surface area contributed by atoms with Crippen molar-refractivity contribution in [2.24, 2.45) is 0 Å². The molecule has 0 fully saturated rings. The van der Waals surface area contributed by atoms with Crippen LogP contribution in [0, 0.1) is 6.92 Å². The van der Waals surface area contributed by atoms with Crippen molar-refractivity contribution >= 4 is 16.1 Å². The molecule has 2 amide bonds. The fraction of sp³-hybridized carbons (Fsp3) is 0.231. The average Bonchev–Trinajstić information content (AvgIpc) is 2.92. The highest BCUT2D eigenvalue weighted by atomic mass is 32.2. The predicted molar refractivity (Wildman–Crippen MR) is 77.2 cm³/mol. The molecule has 21 heavy (non-hydrogen) atoms. The summed E-state index contributed by atoms with van der Waals surface area (Å²) in [6.07, 6.45) is 3.77. The number of carbonyl (C=O) groups excluding carboxylic acids is 1. The Bertz CT molecular complexity index is 694. The second kappa shape index (κ2) is 6.40. The van der Waals surface area contributed by atoms with Crippen molar-refractivity contribution in [3.8, 4) is 0 Å². The quantitative estimate of drug-likeness (QED) is 0.765. The summed E-state index contributed by atoms with van der Waals surface area (Å²) in [7, 11) is -3.84. The van der Waals surface area contributed by atoms with Gasteiger partial charge in [0.2, 0.25) is 0 Å². The third-order valence-corrected chi connectivity index (χ3v) is 4.13. The summed E-state index contributed by atoms with van der Waals surface area (Å²) in [5, 5.41) is 2.48. The first-order valence-corrected chi connectivity index (χ1v) is 7.81. The second-order valence-electron chi connectivity index (χ2n) is 4.48. The molecule has 0 atom stereocenters. The first-order valence-electron chi connectivity index (χ1n) is 6.32.